The molecule has 2 aromatic carbocycles. The Morgan fingerprint density at radius 2 is 1.36 bits per heavy atom. The number of hydrogen-bond acceptors (Lipinski definition) is 3. The minimum absolute atomic E-state index is 0.133. The number of Topliss-reactive ketones (excluding diaryl/α,β-unsaturated/α-hetero) is 1. The van der Waals surface area contributed by atoms with Gasteiger partial charge in [-0.2, -0.15) is 0 Å². The average Bonchev–Trinajstić information content (AvgIpc) is 2.60. The van der Waals surface area contributed by atoms with Crippen LogP contribution in [0, 0.1) is 0 Å². The van der Waals surface area contributed by atoms with Crippen molar-refractivity contribution in [2.75, 3.05) is 18.8 Å². The molecule has 0 spiro atoms. The molecule has 0 bridgehead atoms. The highest BCUT2D eigenvalue weighted by Crippen LogP contribution is 2.35. The Morgan fingerprint density at radius 1 is 0.864 bits per heavy atom. The van der Waals surface area contributed by atoms with Gasteiger partial charge in [0.15, 0.2) is 4.90 Å². The molecular weight excluding hydrogens is 328 g/mol. The van der Waals surface area contributed by atoms with E-state index in [1.165, 1.54) is 4.90 Å². The molecule has 0 saturated carbocycles. The Labute approximate surface area is 143 Å². The lowest BCUT2D eigenvalue weighted by Gasteiger charge is -2.10. The van der Waals surface area contributed by atoms with E-state index in [2.05, 4.69) is 18.4 Å². The van der Waals surface area contributed by atoms with Crippen LogP contribution in [0.2, 0.25) is 0 Å². The Hall–Kier alpha value is -1.10. The van der Waals surface area contributed by atoms with E-state index in [9.17, 15) is 4.79 Å². The van der Waals surface area contributed by atoms with Gasteiger partial charge in [0, 0.05) is 5.56 Å². The summed E-state index contributed by atoms with van der Waals surface area (Å²) in [6, 6.07) is 19.8. The van der Waals surface area contributed by atoms with Gasteiger partial charge in [-0.3, -0.25) is 4.79 Å². The molecule has 0 N–H and O–H groups in total. The monoisotopic (exact) mass is 347 g/mol. The molecule has 22 heavy (non-hydrogen) atoms. The van der Waals surface area contributed by atoms with E-state index < -0.39 is 0 Å². The second-order valence-corrected chi connectivity index (χ2v) is 8.34. The van der Waals surface area contributed by atoms with Gasteiger partial charge in [0.2, 0.25) is 10.7 Å². The molecule has 2 aromatic rings. The van der Waals surface area contributed by atoms with Crippen molar-refractivity contribution in [3.8, 4) is 0 Å². The summed E-state index contributed by atoms with van der Waals surface area (Å²) in [5, 5.41) is 0. The van der Waals surface area contributed by atoms with E-state index >= 15 is 0 Å². The zero-order chi connectivity index (χ0) is 15.9. The normalized spacial score (nSPS) is 11.8. The summed E-state index contributed by atoms with van der Waals surface area (Å²) >= 11 is 3.31. The number of carbonyl (C=O) groups is 1. The molecule has 1 atom stereocenters. The number of carbonyl (C=O) groups excluding carboxylic acids is 1. The topological polar surface area (TPSA) is 17.1 Å². The van der Waals surface area contributed by atoms with E-state index in [-0.39, 0.29) is 16.7 Å². The Morgan fingerprint density at radius 3 is 1.86 bits per heavy atom. The number of rotatable bonds is 6. The number of ketones is 1. The number of thioether (sulfide) groups is 2. The largest absolute Gasteiger partial charge is 0.284 e. The van der Waals surface area contributed by atoms with Crippen LogP contribution in [0.15, 0.2) is 74.7 Å². The van der Waals surface area contributed by atoms with Gasteiger partial charge >= 0.3 is 0 Å². The molecular formula is C18H19OS3+. The average molecular weight is 348 g/mol. The number of allylic oxidation sites excluding steroid dienone is 1. The van der Waals surface area contributed by atoms with Crippen molar-refractivity contribution >= 4 is 40.2 Å². The summed E-state index contributed by atoms with van der Waals surface area (Å²) in [4.78, 5) is 15.2. The summed E-state index contributed by atoms with van der Waals surface area (Å²) in [6.45, 7) is 0. The molecule has 0 radical (unpaired) electrons. The lowest BCUT2D eigenvalue weighted by molar-refractivity contribution is 0.104. The fourth-order valence-electron chi connectivity index (χ4n) is 2.09. The summed E-state index contributed by atoms with van der Waals surface area (Å²) in [5.41, 5.74) is 0.758. The van der Waals surface area contributed by atoms with Crippen LogP contribution in [-0.2, 0) is 10.9 Å². The standard InChI is InChI=1S/C18H19OS3/c1-20-18(21-2)17(16(19)14-10-6-4-7-11-14)22(3)15-12-8-5-9-13-15/h4-13H,1-3H3/q+1. The summed E-state index contributed by atoms with van der Waals surface area (Å²) in [7, 11) is -0.243. The maximum atomic E-state index is 13.0. The predicted molar refractivity (Wildman–Crippen MR) is 103 cm³/mol. The highest BCUT2D eigenvalue weighted by molar-refractivity contribution is 8.22. The van der Waals surface area contributed by atoms with Gasteiger partial charge in [0.1, 0.15) is 6.26 Å². The van der Waals surface area contributed by atoms with E-state index in [4.69, 9.17) is 0 Å². The number of benzene rings is 2. The van der Waals surface area contributed by atoms with Gasteiger partial charge in [-0.15, -0.1) is 23.5 Å². The molecule has 0 aliphatic rings. The molecule has 4 heteroatoms. The molecule has 2 rings (SSSR count). The lowest BCUT2D eigenvalue weighted by Crippen LogP contribution is -2.15. The zero-order valence-electron chi connectivity index (χ0n) is 12.9. The van der Waals surface area contributed by atoms with Crippen molar-refractivity contribution in [3.05, 3.63) is 75.4 Å². The van der Waals surface area contributed by atoms with Crippen molar-refractivity contribution in [1.29, 1.82) is 0 Å². The Bertz CT molecular complexity index is 645. The first-order chi connectivity index (χ1) is 10.7. The van der Waals surface area contributed by atoms with Crippen LogP contribution in [-0.4, -0.2) is 24.6 Å². The third-order valence-corrected chi connectivity index (χ3v) is 7.59. The molecule has 0 aromatic heterocycles. The second-order valence-electron chi connectivity index (χ2n) is 4.54. The molecule has 0 fully saturated rings. The van der Waals surface area contributed by atoms with Gasteiger partial charge in [-0.05, 0) is 24.6 Å². The second kappa shape index (κ2) is 8.51. The van der Waals surface area contributed by atoms with E-state index in [1.807, 2.05) is 61.0 Å². The van der Waals surface area contributed by atoms with Crippen LogP contribution >= 0.6 is 23.5 Å². The Balaban J connectivity index is 2.49. The van der Waals surface area contributed by atoms with Crippen molar-refractivity contribution in [1.82, 2.24) is 0 Å². The zero-order valence-corrected chi connectivity index (χ0v) is 15.4. The molecule has 1 nitrogen and oxygen atoms in total. The quantitative estimate of drug-likeness (QED) is 0.412. The van der Waals surface area contributed by atoms with Crippen LogP contribution in [0.3, 0.4) is 0 Å². The summed E-state index contributed by atoms with van der Waals surface area (Å²) < 4.78 is 1.10. The molecule has 1 unspecified atom stereocenters. The number of hydrogen-bond donors (Lipinski definition) is 0. The van der Waals surface area contributed by atoms with Crippen LogP contribution in [0.5, 0.6) is 0 Å². The van der Waals surface area contributed by atoms with Crippen LogP contribution in [0.1, 0.15) is 10.4 Å². The van der Waals surface area contributed by atoms with Crippen LogP contribution < -0.4 is 0 Å². The predicted octanol–water partition coefficient (Wildman–Crippen LogP) is 5.07. The van der Waals surface area contributed by atoms with Gasteiger partial charge in [-0.1, -0.05) is 48.5 Å². The first-order valence-electron chi connectivity index (χ1n) is 6.82. The molecule has 114 valence electrons. The highest BCUT2D eigenvalue weighted by atomic mass is 32.2. The highest BCUT2D eigenvalue weighted by Gasteiger charge is 2.33. The molecule has 0 aliphatic carbocycles. The van der Waals surface area contributed by atoms with Crippen LogP contribution in [0.25, 0.3) is 0 Å². The minimum atomic E-state index is -0.243. The fraction of sp³-hybridized carbons (Fsp3) is 0.167. The first kappa shape index (κ1) is 17.3. The van der Waals surface area contributed by atoms with E-state index in [1.54, 1.807) is 23.5 Å². The van der Waals surface area contributed by atoms with Gasteiger partial charge in [0.25, 0.3) is 0 Å². The van der Waals surface area contributed by atoms with E-state index in [0.29, 0.717) is 0 Å². The maximum absolute atomic E-state index is 13.0. The van der Waals surface area contributed by atoms with Gasteiger partial charge in [-0.25, -0.2) is 0 Å². The van der Waals surface area contributed by atoms with Crippen molar-refractivity contribution in [3.63, 3.8) is 0 Å². The van der Waals surface area contributed by atoms with Gasteiger partial charge in [0.05, 0.1) is 15.1 Å². The van der Waals surface area contributed by atoms with Crippen molar-refractivity contribution < 1.29 is 4.79 Å². The Kier molecular flexibility index (Phi) is 6.68. The van der Waals surface area contributed by atoms with Crippen molar-refractivity contribution in [2.45, 2.75) is 4.90 Å². The van der Waals surface area contributed by atoms with E-state index in [0.717, 1.165) is 14.7 Å². The fourth-order valence-corrected chi connectivity index (χ4v) is 6.01. The molecule has 0 aliphatic heterocycles. The molecule has 0 saturated heterocycles. The third kappa shape index (κ3) is 4.00. The smallest absolute Gasteiger partial charge is 0.242 e. The summed E-state index contributed by atoms with van der Waals surface area (Å²) in [5.74, 6) is 0.133. The lowest BCUT2D eigenvalue weighted by atomic mass is 10.1. The third-order valence-electron chi connectivity index (χ3n) is 3.20. The van der Waals surface area contributed by atoms with Crippen LogP contribution in [0.4, 0.5) is 0 Å². The summed E-state index contributed by atoms with van der Waals surface area (Å²) in [6.07, 6.45) is 6.20. The minimum Gasteiger partial charge on any atom is -0.284 e. The van der Waals surface area contributed by atoms with Gasteiger partial charge < -0.3 is 0 Å². The SMILES string of the molecule is CSC(SC)=C(C(=O)c1ccccc1)[S+](C)c1ccccc1. The maximum Gasteiger partial charge on any atom is 0.242 e. The molecule has 0 heterocycles. The van der Waals surface area contributed by atoms with Crippen molar-refractivity contribution in [2.24, 2.45) is 0 Å². The first-order valence-corrected chi connectivity index (χ1v) is 10.9. The molecule has 0 amide bonds.